The Morgan fingerprint density at radius 1 is 2.00 bits per heavy atom. The quantitative estimate of drug-likeness (QED) is 0.437. The van der Waals surface area contributed by atoms with E-state index in [4.69, 9.17) is 7.91 Å². The molecule has 0 radical (unpaired) electrons. The van der Waals surface area contributed by atoms with Crippen molar-refractivity contribution in [3.8, 4) is 0 Å². The van der Waals surface area contributed by atoms with Gasteiger partial charge in [0.1, 0.15) is 0 Å². The van der Waals surface area contributed by atoms with Gasteiger partial charge in [-0.15, -0.1) is 0 Å². The number of hydrogen-bond donors (Lipinski definition) is 1. The van der Waals surface area contributed by atoms with Gasteiger partial charge < -0.3 is 0 Å². The molecule has 2 nitrogen and oxygen atoms in total. The minimum atomic E-state index is -4.08. The Bertz CT molecular complexity index is 29.0. The van der Waals surface area contributed by atoms with E-state index in [0.29, 0.717) is 0 Å². The van der Waals surface area contributed by atoms with E-state index in [1.807, 2.05) is 0 Å². The molecule has 0 aromatic carbocycles. The molecule has 0 aromatic heterocycles. The van der Waals surface area contributed by atoms with Crippen LogP contribution in [0.2, 0.25) is 0 Å². The van der Waals surface area contributed by atoms with Gasteiger partial charge in [-0.05, 0) is 0 Å². The fraction of sp³-hybridized carbons (Fsp3) is 0. The normalized spacial score (nSPS) is 6.25. The molecule has 0 bridgehead atoms. The Labute approximate surface area is 27.4 Å². The minimum absolute atomic E-state index is 4.08. The summed E-state index contributed by atoms with van der Waals surface area (Å²) in [6.07, 6.45) is 0. The van der Waals surface area contributed by atoms with E-state index in [-0.39, 0.29) is 0 Å². The van der Waals surface area contributed by atoms with Crippen molar-refractivity contribution in [1.29, 1.82) is 0 Å². The zero-order valence-corrected chi connectivity index (χ0v) is 3.83. The van der Waals surface area contributed by atoms with E-state index >= 15 is 0 Å². The Kier molecular flexibility index (Phi) is 1.42. The molecule has 0 heterocycles. The van der Waals surface area contributed by atoms with Crippen molar-refractivity contribution in [2.45, 2.75) is 0 Å². The van der Waals surface area contributed by atoms with E-state index < -0.39 is 15.1 Å². The fourth-order valence-corrected chi connectivity index (χ4v) is 0. The molecular formula is HFGeO2. The summed E-state index contributed by atoms with van der Waals surface area (Å²) in [7, 11) is 0. The molecule has 24 valence electrons. The Morgan fingerprint density at radius 3 is 2.00 bits per heavy atom. The van der Waals surface area contributed by atoms with Gasteiger partial charge in [0.05, 0.1) is 0 Å². The maximum absolute atomic E-state index is 10.2. The summed E-state index contributed by atoms with van der Waals surface area (Å²) < 4.78 is 25.8. The van der Waals surface area contributed by atoms with Gasteiger partial charge in [0.25, 0.3) is 0 Å². The molecular weight excluding hydrogens is 124 g/mol. The first-order valence-corrected chi connectivity index (χ1v) is 3.20. The van der Waals surface area contributed by atoms with Gasteiger partial charge in [0.2, 0.25) is 0 Å². The molecule has 0 atom stereocenters. The first kappa shape index (κ1) is 4.07. The Balaban J connectivity index is 2.80. The predicted octanol–water partition coefficient (Wildman–Crippen LogP) is -0.636. The van der Waals surface area contributed by atoms with Gasteiger partial charge >= 0.3 is 26.5 Å². The van der Waals surface area contributed by atoms with Gasteiger partial charge in [-0.2, -0.15) is 0 Å². The summed E-state index contributed by atoms with van der Waals surface area (Å²) in [5.74, 6) is 0. The SMILES string of the molecule is [O]=[Ge]([OH])[F]. The van der Waals surface area contributed by atoms with Gasteiger partial charge in [0.15, 0.2) is 0 Å². The molecule has 1 N–H and O–H groups in total. The summed E-state index contributed by atoms with van der Waals surface area (Å²) in [6, 6.07) is 0. The molecule has 4 heavy (non-hydrogen) atoms. The van der Waals surface area contributed by atoms with Crippen LogP contribution in [0.5, 0.6) is 0 Å². The van der Waals surface area contributed by atoms with Crippen LogP contribution >= 0.6 is 0 Å². The molecule has 0 aromatic rings. The van der Waals surface area contributed by atoms with Gasteiger partial charge in [-0.25, -0.2) is 0 Å². The number of halogens is 1. The predicted molar refractivity (Wildman–Crippen MR) is 9.77 cm³/mol. The summed E-state index contributed by atoms with van der Waals surface area (Å²) in [6.45, 7) is 0. The third-order valence-electron chi connectivity index (χ3n) is 0. The van der Waals surface area contributed by atoms with Crippen molar-refractivity contribution in [2.24, 2.45) is 0 Å². The van der Waals surface area contributed by atoms with Gasteiger partial charge in [-0.3, -0.25) is 0 Å². The standard InChI is InChI=1S/FGeHO2/c1-2(3)4/h3H. The first-order chi connectivity index (χ1) is 1.73. The van der Waals surface area contributed by atoms with Crippen molar-refractivity contribution >= 4 is 15.1 Å². The average molecular weight is 125 g/mol. The average Bonchev–Trinajstić information content (AvgIpc) is 0.811. The molecule has 0 saturated carbocycles. The molecule has 0 rings (SSSR count). The molecule has 4 heteroatoms. The summed E-state index contributed by atoms with van der Waals surface area (Å²) >= 11 is -4.08. The Morgan fingerprint density at radius 2 is 2.00 bits per heavy atom. The van der Waals surface area contributed by atoms with Gasteiger partial charge in [-0.1, -0.05) is 0 Å². The molecule has 0 aliphatic heterocycles. The number of hydrogen-bond acceptors (Lipinski definition) is 1. The summed E-state index contributed by atoms with van der Waals surface area (Å²) in [4.78, 5) is 0. The van der Waals surface area contributed by atoms with E-state index in [1.54, 1.807) is 0 Å². The van der Waals surface area contributed by atoms with E-state index in [9.17, 15) is 3.50 Å². The second kappa shape index (κ2) is 1.40. The fourth-order valence-electron chi connectivity index (χ4n) is 0. The molecule has 0 spiro atoms. The van der Waals surface area contributed by atoms with E-state index in [1.165, 1.54) is 0 Å². The molecule has 0 unspecified atom stereocenters. The zero-order chi connectivity index (χ0) is 3.58. The van der Waals surface area contributed by atoms with Gasteiger partial charge in [0, 0.05) is 0 Å². The van der Waals surface area contributed by atoms with E-state index in [0.717, 1.165) is 0 Å². The van der Waals surface area contributed by atoms with Crippen LogP contribution in [0.3, 0.4) is 0 Å². The topological polar surface area (TPSA) is 37.3 Å². The van der Waals surface area contributed by atoms with E-state index in [2.05, 4.69) is 0 Å². The molecule has 0 aliphatic carbocycles. The van der Waals surface area contributed by atoms with Crippen molar-refractivity contribution < 1.29 is 11.4 Å². The Hall–Kier alpha value is 0.0729. The van der Waals surface area contributed by atoms with Crippen LogP contribution < -0.4 is 0 Å². The molecule has 0 aliphatic rings. The van der Waals surface area contributed by atoms with Crippen LogP contribution in [0.15, 0.2) is 0 Å². The second-order valence-corrected chi connectivity index (χ2v) is 1.31. The zero-order valence-electron chi connectivity index (χ0n) is 1.73. The summed E-state index contributed by atoms with van der Waals surface area (Å²) in [5.41, 5.74) is 0. The van der Waals surface area contributed by atoms with Crippen LogP contribution in [-0.2, 0) is 3.78 Å². The molecule has 0 saturated heterocycles. The van der Waals surface area contributed by atoms with Crippen LogP contribution in [-0.4, -0.2) is 19.2 Å². The third kappa shape index (κ3) is 449. The first-order valence-electron chi connectivity index (χ1n) is 0.617. The van der Waals surface area contributed by atoms with Crippen LogP contribution in [0, 0.1) is 0 Å². The summed E-state index contributed by atoms with van der Waals surface area (Å²) in [5, 5.41) is 0. The van der Waals surface area contributed by atoms with Crippen molar-refractivity contribution in [3.63, 3.8) is 0 Å². The van der Waals surface area contributed by atoms with Crippen LogP contribution in [0.1, 0.15) is 0 Å². The van der Waals surface area contributed by atoms with Crippen molar-refractivity contribution in [3.05, 3.63) is 0 Å². The van der Waals surface area contributed by atoms with Crippen molar-refractivity contribution in [1.82, 2.24) is 0 Å². The third-order valence-corrected chi connectivity index (χ3v) is 0. The molecule has 0 fully saturated rings. The van der Waals surface area contributed by atoms with Crippen molar-refractivity contribution in [2.75, 3.05) is 0 Å². The molecule has 0 amide bonds. The monoisotopic (exact) mass is 126 g/mol. The maximum atomic E-state index is 10.2. The second-order valence-electron chi connectivity index (χ2n) is 0.253. The number of rotatable bonds is 0. The van der Waals surface area contributed by atoms with Crippen LogP contribution in [0.25, 0.3) is 0 Å². The van der Waals surface area contributed by atoms with Crippen LogP contribution in [0.4, 0.5) is 3.50 Å².